The number of amides is 2. The number of hydrogen-bond acceptors (Lipinski definition) is 2. The van der Waals surface area contributed by atoms with Gasteiger partial charge in [0, 0.05) is 16.5 Å². The van der Waals surface area contributed by atoms with Crippen molar-refractivity contribution in [3.63, 3.8) is 0 Å². The van der Waals surface area contributed by atoms with Crippen LogP contribution < -0.4 is 10.9 Å². The number of carbonyl (C=O) groups excluding carboxylic acids is 2. The van der Waals surface area contributed by atoms with E-state index in [1.54, 1.807) is 24.3 Å². The summed E-state index contributed by atoms with van der Waals surface area (Å²) in [6.45, 7) is 3.88. The second-order valence-electron chi connectivity index (χ2n) is 3.96. The summed E-state index contributed by atoms with van der Waals surface area (Å²) in [5, 5.41) is 0.563. The lowest BCUT2D eigenvalue weighted by molar-refractivity contribution is -0.125. The van der Waals surface area contributed by atoms with Crippen LogP contribution in [0, 0.1) is 5.92 Å². The van der Waals surface area contributed by atoms with Gasteiger partial charge in [-0.25, -0.2) is 0 Å². The second kappa shape index (κ2) is 7.01. The van der Waals surface area contributed by atoms with E-state index in [2.05, 4.69) is 10.9 Å². The smallest absolute Gasteiger partial charge is 0.269 e. The van der Waals surface area contributed by atoms with Crippen LogP contribution in [0.2, 0.25) is 5.02 Å². The standard InChI is InChI=1S/C13H17ClN2O2/c1-3-9(4-2)12(17)15-16-13(18)10-5-7-11(14)8-6-10/h5-9H,3-4H2,1-2H3,(H,15,17)(H,16,18). The fourth-order valence-corrected chi connectivity index (χ4v) is 1.68. The molecule has 0 spiro atoms. The molecule has 2 N–H and O–H groups in total. The Morgan fingerprint density at radius 2 is 1.67 bits per heavy atom. The topological polar surface area (TPSA) is 58.2 Å². The number of halogens is 1. The van der Waals surface area contributed by atoms with Gasteiger partial charge in [-0.1, -0.05) is 25.4 Å². The van der Waals surface area contributed by atoms with Crippen LogP contribution in [0.4, 0.5) is 0 Å². The number of benzene rings is 1. The Balaban J connectivity index is 2.51. The van der Waals surface area contributed by atoms with Crippen molar-refractivity contribution in [2.45, 2.75) is 26.7 Å². The van der Waals surface area contributed by atoms with Crippen LogP contribution in [0.15, 0.2) is 24.3 Å². The fourth-order valence-electron chi connectivity index (χ4n) is 1.55. The van der Waals surface area contributed by atoms with Gasteiger partial charge in [0.25, 0.3) is 5.91 Å². The van der Waals surface area contributed by atoms with Gasteiger partial charge in [0.1, 0.15) is 0 Å². The molecule has 0 aromatic heterocycles. The van der Waals surface area contributed by atoms with Gasteiger partial charge >= 0.3 is 0 Å². The fraction of sp³-hybridized carbons (Fsp3) is 0.385. The predicted octanol–water partition coefficient (Wildman–Crippen LogP) is 2.54. The van der Waals surface area contributed by atoms with Crippen molar-refractivity contribution in [2.75, 3.05) is 0 Å². The molecular formula is C13H17ClN2O2. The second-order valence-corrected chi connectivity index (χ2v) is 4.40. The normalized spacial score (nSPS) is 10.2. The Bertz CT molecular complexity index is 414. The number of nitrogens with one attached hydrogen (secondary N) is 2. The molecule has 0 fully saturated rings. The summed E-state index contributed by atoms with van der Waals surface area (Å²) in [5.41, 5.74) is 5.26. The molecule has 0 unspecified atom stereocenters. The highest BCUT2D eigenvalue weighted by Gasteiger charge is 2.14. The van der Waals surface area contributed by atoms with Crippen LogP contribution in [0.1, 0.15) is 37.0 Å². The molecule has 5 heteroatoms. The number of hydrazine groups is 1. The number of hydrogen-bond donors (Lipinski definition) is 2. The highest BCUT2D eigenvalue weighted by molar-refractivity contribution is 6.30. The van der Waals surface area contributed by atoms with E-state index in [0.29, 0.717) is 10.6 Å². The first-order chi connectivity index (χ1) is 8.58. The highest BCUT2D eigenvalue weighted by Crippen LogP contribution is 2.09. The molecule has 0 saturated heterocycles. The van der Waals surface area contributed by atoms with Crippen molar-refractivity contribution >= 4 is 23.4 Å². The zero-order valence-corrected chi connectivity index (χ0v) is 11.3. The molecule has 0 atom stereocenters. The maximum atomic E-state index is 11.7. The summed E-state index contributed by atoms with van der Waals surface area (Å²) < 4.78 is 0. The average Bonchev–Trinajstić information content (AvgIpc) is 2.38. The Hall–Kier alpha value is -1.55. The largest absolute Gasteiger partial charge is 0.273 e. The van der Waals surface area contributed by atoms with Gasteiger partial charge in [-0.15, -0.1) is 0 Å². The molecule has 1 aromatic carbocycles. The Labute approximate surface area is 112 Å². The first kappa shape index (κ1) is 14.5. The average molecular weight is 269 g/mol. The van der Waals surface area contributed by atoms with Crippen LogP contribution in [0.25, 0.3) is 0 Å². The molecule has 0 saturated carbocycles. The third-order valence-corrected chi connectivity index (χ3v) is 3.01. The van der Waals surface area contributed by atoms with Gasteiger partial charge in [-0.3, -0.25) is 20.4 Å². The molecule has 0 heterocycles. The number of carbonyl (C=O) groups is 2. The van der Waals surface area contributed by atoms with Crippen molar-refractivity contribution in [3.8, 4) is 0 Å². The minimum Gasteiger partial charge on any atom is -0.273 e. The molecule has 98 valence electrons. The van der Waals surface area contributed by atoms with Crippen molar-refractivity contribution in [3.05, 3.63) is 34.9 Å². The molecule has 18 heavy (non-hydrogen) atoms. The van der Waals surface area contributed by atoms with Crippen molar-refractivity contribution in [1.82, 2.24) is 10.9 Å². The summed E-state index contributed by atoms with van der Waals surface area (Å²) in [5.74, 6) is -0.594. The van der Waals surface area contributed by atoms with E-state index >= 15 is 0 Å². The van der Waals surface area contributed by atoms with Crippen molar-refractivity contribution in [2.24, 2.45) is 5.92 Å². The molecule has 1 aromatic rings. The summed E-state index contributed by atoms with van der Waals surface area (Å²) in [4.78, 5) is 23.3. The molecular weight excluding hydrogens is 252 g/mol. The predicted molar refractivity (Wildman–Crippen MR) is 71.1 cm³/mol. The maximum Gasteiger partial charge on any atom is 0.269 e. The van der Waals surface area contributed by atoms with Gasteiger partial charge in [0.2, 0.25) is 5.91 Å². The lowest BCUT2D eigenvalue weighted by Gasteiger charge is -2.13. The molecule has 0 bridgehead atoms. The summed E-state index contributed by atoms with van der Waals surface area (Å²) >= 11 is 5.72. The lowest BCUT2D eigenvalue weighted by Crippen LogP contribution is -2.44. The van der Waals surface area contributed by atoms with Crippen LogP contribution in [0.5, 0.6) is 0 Å². The minimum atomic E-state index is -0.356. The molecule has 0 aliphatic carbocycles. The van der Waals surface area contributed by atoms with Crippen molar-refractivity contribution in [1.29, 1.82) is 0 Å². The van der Waals surface area contributed by atoms with Gasteiger partial charge in [-0.2, -0.15) is 0 Å². The minimum absolute atomic E-state index is 0.0736. The SMILES string of the molecule is CCC(CC)C(=O)NNC(=O)c1ccc(Cl)cc1. The van der Waals surface area contributed by atoms with Crippen LogP contribution in [0.3, 0.4) is 0 Å². The number of rotatable bonds is 4. The van der Waals surface area contributed by atoms with E-state index < -0.39 is 0 Å². The van der Waals surface area contributed by atoms with Gasteiger partial charge in [-0.05, 0) is 37.1 Å². The molecule has 0 aliphatic rings. The van der Waals surface area contributed by atoms with E-state index in [0.717, 1.165) is 12.8 Å². The molecule has 0 aliphatic heterocycles. The molecule has 0 radical (unpaired) electrons. The van der Waals surface area contributed by atoms with Crippen molar-refractivity contribution < 1.29 is 9.59 Å². The summed E-state index contributed by atoms with van der Waals surface area (Å²) in [6.07, 6.45) is 1.50. The highest BCUT2D eigenvalue weighted by atomic mass is 35.5. The van der Waals surface area contributed by atoms with Crippen LogP contribution >= 0.6 is 11.6 Å². The summed E-state index contributed by atoms with van der Waals surface area (Å²) in [7, 11) is 0. The summed E-state index contributed by atoms with van der Waals surface area (Å²) in [6, 6.07) is 6.44. The maximum absolute atomic E-state index is 11.7. The zero-order valence-electron chi connectivity index (χ0n) is 10.5. The Kier molecular flexibility index (Phi) is 5.65. The van der Waals surface area contributed by atoms with Gasteiger partial charge in [0.15, 0.2) is 0 Å². The third kappa shape index (κ3) is 4.04. The van der Waals surface area contributed by atoms with Crippen LogP contribution in [-0.4, -0.2) is 11.8 Å². The van der Waals surface area contributed by atoms with E-state index in [1.165, 1.54) is 0 Å². The van der Waals surface area contributed by atoms with Gasteiger partial charge < -0.3 is 0 Å². The van der Waals surface area contributed by atoms with E-state index in [-0.39, 0.29) is 17.7 Å². The monoisotopic (exact) mass is 268 g/mol. The lowest BCUT2D eigenvalue weighted by atomic mass is 10.0. The van der Waals surface area contributed by atoms with E-state index in [4.69, 9.17) is 11.6 Å². The zero-order chi connectivity index (χ0) is 13.5. The molecule has 4 nitrogen and oxygen atoms in total. The first-order valence-electron chi connectivity index (χ1n) is 5.94. The Morgan fingerprint density at radius 3 is 2.17 bits per heavy atom. The molecule has 2 amide bonds. The third-order valence-electron chi connectivity index (χ3n) is 2.76. The van der Waals surface area contributed by atoms with Gasteiger partial charge in [0.05, 0.1) is 0 Å². The Morgan fingerprint density at radius 1 is 1.11 bits per heavy atom. The van der Waals surface area contributed by atoms with Crippen LogP contribution in [-0.2, 0) is 4.79 Å². The first-order valence-corrected chi connectivity index (χ1v) is 6.32. The molecule has 1 rings (SSSR count). The van der Waals surface area contributed by atoms with E-state index in [9.17, 15) is 9.59 Å². The van der Waals surface area contributed by atoms with E-state index in [1.807, 2.05) is 13.8 Å². The quantitative estimate of drug-likeness (QED) is 0.825.